The van der Waals surface area contributed by atoms with E-state index in [1.807, 2.05) is 24.3 Å². The van der Waals surface area contributed by atoms with Crippen molar-refractivity contribution in [2.24, 2.45) is 0 Å². The maximum absolute atomic E-state index is 8.83. The molecule has 0 aliphatic heterocycles. The Morgan fingerprint density at radius 3 is 2.65 bits per heavy atom. The van der Waals surface area contributed by atoms with Crippen molar-refractivity contribution in [3.05, 3.63) is 48.0 Å². The molecule has 106 valence electrons. The van der Waals surface area contributed by atoms with E-state index in [0.717, 1.165) is 16.9 Å². The van der Waals surface area contributed by atoms with Crippen molar-refractivity contribution in [1.29, 1.82) is 0 Å². The van der Waals surface area contributed by atoms with Crippen LogP contribution in [-0.2, 0) is 6.54 Å². The van der Waals surface area contributed by atoms with Crippen LogP contribution >= 0.6 is 0 Å². The molecule has 2 rings (SSSR count). The molecular weight excluding hydrogens is 254 g/mol. The normalized spacial score (nSPS) is 10.2. The number of nitrogens with two attached hydrogens (primary N) is 2. The Kier molecular flexibility index (Phi) is 4.68. The average Bonchev–Trinajstić information content (AvgIpc) is 2.45. The van der Waals surface area contributed by atoms with Gasteiger partial charge in [-0.3, -0.25) is 0 Å². The molecule has 0 amide bonds. The van der Waals surface area contributed by atoms with Crippen LogP contribution in [-0.4, -0.2) is 18.3 Å². The van der Waals surface area contributed by atoms with Crippen LogP contribution in [0.5, 0.6) is 5.75 Å². The van der Waals surface area contributed by atoms with Crippen molar-refractivity contribution in [3.8, 4) is 5.75 Å². The van der Waals surface area contributed by atoms with Gasteiger partial charge in [-0.1, -0.05) is 18.2 Å². The van der Waals surface area contributed by atoms with Crippen LogP contribution in [0.1, 0.15) is 5.56 Å². The standard InChI is InChI=1S/C15H19N3O2/c16-12-5-6-15(20-8-7-19)14(9-12)18-10-11-3-1-2-4-13(11)17/h1-6,9,18-19H,7-8,10,16-17H2. The molecule has 5 heteroatoms. The van der Waals surface area contributed by atoms with Crippen molar-refractivity contribution in [2.45, 2.75) is 6.54 Å². The van der Waals surface area contributed by atoms with E-state index in [4.69, 9.17) is 21.3 Å². The fourth-order valence-corrected chi connectivity index (χ4v) is 1.85. The van der Waals surface area contributed by atoms with Crippen LogP contribution in [0, 0.1) is 0 Å². The lowest BCUT2D eigenvalue weighted by Gasteiger charge is -2.14. The van der Waals surface area contributed by atoms with Gasteiger partial charge in [0, 0.05) is 17.9 Å². The second-order valence-electron chi connectivity index (χ2n) is 4.38. The number of aliphatic hydroxyl groups excluding tert-OH is 1. The van der Waals surface area contributed by atoms with Gasteiger partial charge in [-0.2, -0.15) is 0 Å². The van der Waals surface area contributed by atoms with E-state index < -0.39 is 0 Å². The predicted molar refractivity (Wildman–Crippen MR) is 81.6 cm³/mol. The van der Waals surface area contributed by atoms with Gasteiger partial charge in [0.2, 0.25) is 0 Å². The molecule has 0 saturated carbocycles. The van der Waals surface area contributed by atoms with E-state index in [0.29, 0.717) is 18.0 Å². The van der Waals surface area contributed by atoms with Crippen molar-refractivity contribution < 1.29 is 9.84 Å². The summed E-state index contributed by atoms with van der Waals surface area (Å²) < 4.78 is 5.46. The molecule has 0 saturated heterocycles. The third-order valence-electron chi connectivity index (χ3n) is 2.88. The highest BCUT2D eigenvalue weighted by Gasteiger charge is 2.05. The minimum absolute atomic E-state index is 0.0323. The van der Waals surface area contributed by atoms with Gasteiger partial charge in [-0.05, 0) is 29.8 Å². The van der Waals surface area contributed by atoms with Crippen LogP contribution in [0.3, 0.4) is 0 Å². The molecule has 0 unspecified atom stereocenters. The van der Waals surface area contributed by atoms with E-state index >= 15 is 0 Å². The van der Waals surface area contributed by atoms with Gasteiger partial charge >= 0.3 is 0 Å². The van der Waals surface area contributed by atoms with Gasteiger partial charge in [0.25, 0.3) is 0 Å². The van der Waals surface area contributed by atoms with Gasteiger partial charge < -0.3 is 26.6 Å². The van der Waals surface area contributed by atoms with Gasteiger partial charge in [0.15, 0.2) is 0 Å². The van der Waals surface area contributed by atoms with E-state index in [9.17, 15) is 0 Å². The molecule has 0 aliphatic carbocycles. The number of nitrogen functional groups attached to an aromatic ring is 2. The SMILES string of the molecule is Nc1ccc(OCCO)c(NCc2ccccc2N)c1. The molecule has 2 aromatic carbocycles. The number of hydrogen-bond acceptors (Lipinski definition) is 5. The summed E-state index contributed by atoms with van der Waals surface area (Å²) in [6, 6.07) is 13.0. The molecule has 0 atom stereocenters. The lowest BCUT2D eigenvalue weighted by Crippen LogP contribution is -2.07. The van der Waals surface area contributed by atoms with Crippen molar-refractivity contribution in [2.75, 3.05) is 30.0 Å². The second kappa shape index (κ2) is 6.68. The highest BCUT2D eigenvalue weighted by atomic mass is 16.5. The monoisotopic (exact) mass is 273 g/mol. The molecule has 6 N–H and O–H groups in total. The molecule has 20 heavy (non-hydrogen) atoms. The fourth-order valence-electron chi connectivity index (χ4n) is 1.85. The van der Waals surface area contributed by atoms with Crippen molar-refractivity contribution in [1.82, 2.24) is 0 Å². The van der Waals surface area contributed by atoms with Gasteiger partial charge in [-0.15, -0.1) is 0 Å². The van der Waals surface area contributed by atoms with E-state index in [-0.39, 0.29) is 13.2 Å². The van der Waals surface area contributed by atoms with Crippen LogP contribution < -0.4 is 21.5 Å². The Hall–Kier alpha value is -2.40. The molecule has 0 heterocycles. The molecule has 0 radical (unpaired) electrons. The first kappa shape index (κ1) is 14.0. The Balaban J connectivity index is 2.11. The Morgan fingerprint density at radius 1 is 1.10 bits per heavy atom. The summed E-state index contributed by atoms with van der Waals surface area (Å²) in [7, 11) is 0. The topological polar surface area (TPSA) is 93.5 Å². The van der Waals surface area contributed by atoms with Crippen LogP contribution in [0.15, 0.2) is 42.5 Å². The molecule has 2 aromatic rings. The first-order chi connectivity index (χ1) is 9.70. The average molecular weight is 273 g/mol. The number of rotatable bonds is 6. The summed E-state index contributed by atoms with van der Waals surface area (Å²) in [6.45, 7) is 0.785. The summed E-state index contributed by atoms with van der Waals surface area (Å²) in [5.41, 5.74) is 14.9. The zero-order valence-corrected chi connectivity index (χ0v) is 11.2. The Morgan fingerprint density at radius 2 is 1.90 bits per heavy atom. The highest BCUT2D eigenvalue weighted by Crippen LogP contribution is 2.27. The minimum Gasteiger partial charge on any atom is -0.489 e. The number of benzene rings is 2. The molecule has 0 bridgehead atoms. The van der Waals surface area contributed by atoms with E-state index in [1.54, 1.807) is 18.2 Å². The molecular formula is C15H19N3O2. The lowest BCUT2D eigenvalue weighted by molar-refractivity contribution is 0.202. The minimum atomic E-state index is -0.0323. The third-order valence-corrected chi connectivity index (χ3v) is 2.88. The quantitative estimate of drug-likeness (QED) is 0.602. The third kappa shape index (κ3) is 3.55. The number of nitrogens with one attached hydrogen (secondary N) is 1. The number of aliphatic hydroxyl groups is 1. The molecule has 0 aromatic heterocycles. The molecule has 0 aliphatic rings. The molecule has 0 fully saturated rings. The van der Waals surface area contributed by atoms with Gasteiger partial charge in [0.05, 0.1) is 12.3 Å². The van der Waals surface area contributed by atoms with Gasteiger partial charge in [-0.25, -0.2) is 0 Å². The molecule has 5 nitrogen and oxygen atoms in total. The van der Waals surface area contributed by atoms with Crippen molar-refractivity contribution >= 4 is 17.1 Å². The number of anilines is 3. The number of hydrogen-bond donors (Lipinski definition) is 4. The summed E-state index contributed by atoms with van der Waals surface area (Å²) in [6.07, 6.45) is 0. The first-order valence-corrected chi connectivity index (χ1v) is 6.41. The zero-order chi connectivity index (χ0) is 14.4. The molecule has 0 spiro atoms. The summed E-state index contributed by atoms with van der Waals surface area (Å²) in [5.74, 6) is 0.655. The summed E-state index contributed by atoms with van der Waals surface area (Å²) >= 11 is 0. The maximum atomic E-state index is 8.83. The smallest absolute Gasteiger partial charge is 0.142 e. The fraction of sp³-hybridized carbons (Fsp3) is 0.200. The maximum Gasteiger partial charge on any atom is 0.142 e. The van der Waals surface area contributed by atoms with Crippen LogP contribution in [0.4, 0.5) is 17.1 Å². The zero-order valence-electron chi connectivity index (χ0n) is 11.2. The predicted octanol–water partition coefficient (Wildman–Crippen LogP) is 1.83. The first-order valence-electron chi connectivity index (χ1n) is 6.41. The van der Waals surface area contributed by atoms with Crippen molar-refractivity contribution in [3.63, 3.8) is 0 Å². The summed E-state index contributed by atoms with van der Waals surface area (Å²) in [5, 5.41) is 12.1. The summed E-state index contributed by atoms with van der Waals surface area (Å²) in [4.78, 5) is 0. The Bertz CT molecular complexity index is 573. The second-order valence-corrected chi connectivity index (χ2v) is 4.38. The highest BCUT2D eigenvalue weighted by molar-refractivity contribution is 5.64. The largest absolute Gasteiger partial charge is 0.489 e. The van der Waals surface area contributed by atoms with Crippen LogP contribution in [0.2, 0.25) is 0 Å². The number of ether oxygens (including phenoxy) is 1. The number of para-hydroxylation sites is 1. The van der Waals surface area contributed by atoms with Crippen LogP contribution in [0.25, 0.3) is 0 Å². The lowest BCUT2D eigenvalue weighted by atomic mass is 10.1. The van der Waals surface area contributed by atoms with E-state index in [2.05, 4.69) is 5.32 Å². The van der Waals surface area contributed by atoms with Gasteiger partial charge in [0.1, 0.15) is 12.4 Å². The Labute approximate surface area is 118 Å². The van der Waals surface area contributed by atoms with E-state index in [1.165, 1.54) is 0 Å².